The number of nitrogens with zero attached hydrogens (tertiary/aromatic N) is 1. The monoisotopic (exact) mass is 406 g/mol. The number of benzene rings is 2. The molecule has 5 rings (SSSR count). The average Bonchev–Trinajstić information content (AvgIpc) is 3.16. The Morgan fingerprint density at radius 1 is 1.13 bits per heavy atom. The van der Waals surface area contributed by atoms with Gasteiger partial charge in [0.2, 0.25) is 11.8 Å². The quantitative estimate of drug-likeness (QED) is 0.617. The Morgan fingerprint density at radius 3 is 2.83 bits per heavy atom. The largest absolute Gasteiger partial charge is 0.486 e. The highest BCUT2D eigenvalue weighted by molar-refractivity contribution is 6.00. The van der Waals surface area contributed by atoms with E-state index in [0.717, 1.165) is 28.5 Å². The van der Waals surface area contributed by atoms with Gasteiger partial charge in [-0.15, -0.1) is 0 Å². The summed E-state index contributed by atoms with van der Waals surface area (Å²) in [6, 6.07) is 11.6. The number of ether oxygens (including phenoxy) is 2. The van der Waals surface area contributed by atoms with Crippen LogP contribution < -0.4 is 20.1 Å². The molecule has 0 aliphatic carbocycles. The summed E-state index contributed by atoms with van der Waals surface area (Å²) in [5.74, 6) is 2.14. The molecule has 1 aromatic heterocycles. The minimum atomic E-state index is -0.154. The summed E-state index contributed by atoms with van der Waals surface area (Å²) in [5.41, 5.74) is 2.86. The highest BCUT2D eigenvalue weighted by Gasteiger charge is 2.21. The van der Waals surface area contributed by atoms with Crippen LogP contribution in [-0.2, 0) is 16.0 Å². The molecule has 2 aliphatic rings. The molecule has 1 atom stereocenters. The summed E-state index contributed by atoms with van der Waals surface area (Å²) in [6.07, 6.45) is 1.60. The molecule has 1 fully saturated rings. The molecule has 0 spiro atoms. The number of aromatic nitrogens is 2. The number of carbonyl (C=O) groups excluding carboxylic acids is 2. The van der Waals surface area contributed by atoms with E-state index < -0.39 is 0 Å². The highest BCUT2D eigenvalue weighted by atomic mass is 16.6. The fourth-order valence-corrected chi connectivity index (χ4v) is 3.96. The minimum Gasteiger partial charge on any atom is -0.486 e. The second-order valence-electron chi connectivity index (χ2n) is 7.62. The van der Waals surface area contributed by atoms with E-state index in [1.165, 1.54) is 0 Å². The first-order valence-corrected chi connectivity index (χ1v) is 10.1. The Hall–Kier alpha value is -3.55. The molecular weight excluding hydrogens is 384 g/mol. The van der Waals surface area contributed by atoms with Crippen molar-refractivity contribution in [2.75, 3.05) is 25.1 Å². The van der Waals surface area contributed by atoms with Gasteiger partial charge in [0.05, 0.1) is 11.9 Å². The lowest BCUT2D eigenvalue weighted by molar-refractivity contribution is -0.122. The van der Waals surface area contributed by atoms with Crippen LogP contribution in [0.5, 0.6) is 11.5 Å². The molecule has 3 heterocycles. The van der Waals surface area contributed by atoms with Crippen molar-refractivity contribution in [3.63, 3.8) is 0 Å². The van der Waals surface area contributed by atoms with Crippen molar-refractivity contribution in [3.8, 4) is 11.5 Å². The van der Waals surface area contributed by atoms with Gasteiger partial charge in [-0.05, 0) is 41.8 Å². The molecule has 1 unspecified atom stereocenters. The number of nitrogens with one attached hydrogen (secondary N) is 3. The minimum absolute atomic E-state index is 0.108. The predicted octanol–water partition coefficient (Wildman–Crippen LogP) is 2.51. The first-order valence-electron chi connectivity index (χ1n) is 10.1. The number of amides is 2. The van der Waals surface area contributed by atoms with Crippen LogP contribution in [0.1, 0.15) is 29.9 Å². The van der Waals surface area contributed by atoms with Crippen molar-refractivity contribution in [3.05, 3.63) is 47.5 Å². The SMILES string of the molecule is O=C1CCC(c2ccc3c(NC(=O)Cc4ccc5c(c4)OCCO5)n[nH]c3c2)CN1. The molecule has 0 radical (unpaired) electrons. The van der Waals surface area contributed by atoms with Crippen molar-refractivity contribution in [1.82, 2.24) is 15.5 Å². The van der Waals surface area contributed by atoms with Crippen LogP contribution in [0.2, 0.25) is 0 Å². The fraction of sp³-hybridized carbons (Fsp3) is 0.318. The lowest BCUT2D eigenvalue weighted by atomic mass is 9.91. The van der Waals surface area contributed by atoms with E-state index >= 15 is 0 Å². The maximum atomic E-state index is 12.6. The summed E-state index contributed by atoms with van der Waals surface area (Å²) in [5, 5.41) is 13.9. The zero-order chi connectivity index (χ0) is 20.5. The zero-order valence-electron chi connectivity index (χ0n) is 16.4. The van der Waals surface area contributed by atoms with Crippen molar-refractivity contribution >= 4 is 28.5 Å². The molecule has 154 valence electrons. The van der Waals surface area contributed by atoms with E-state index in [4.69, 9.17) is 9.47 Å². The predicted molar refractivity (Wildman–Crippen MR) is 111 cm³/mol. The Morgan fingerprint density at radius 2 is 2.00 bits per heavy atom. The summed E-state index contributed by atoms with van der Waals surface area (Å²) >= 11 is 0. The zero-order valence-corrected chi connectivity index (χ0v) is 16.4. The van der Waals surface area contributed by atoms with Gasteiger partial charge in [-0.3, -0.25) is 14.7 Å². The molecule has 2 aliphatic heterocycles. The smallest absolute Gasteiger partial charge is 0.230 e. The Labute approximate surface area is 172 Å². The topological polar surface area (TPSA) is 105 Å². The van der Waals surface area contributed by atoms with E-state index in [-0.39, 0.29) is 18.2 Å². The normalized spacial score (nSPS) is 18.1. The van der Waals surface area contributed by atoms with Crippen LogP contribution in [0, 0.1) is 0 Å². The molecular formula is C22H22N4O4. The number of fused-ring (bicyclic) bond motifs is 2. The maximum absolute atomic E-state index is 12.6. The first-order chi connectivity index (χ1) is 14.7. The molecule has 30 heavy (non-hydrogen) atoms. The lowest BCUT2D eigenvalue weighted by Crippen LogP contribution is -2.33. The van der Waals surface area contributed by atoms with E-state index in [0.29, 0.717) is 49.4 Å². The van der Waals surface area contributed by atoms with E-state index in [9.17, 15) is 9.59 Å². The number of piperidine rings is 1. The van der Waals surface area contributed by atoms with E-state index in [1.807, 2.05) is 36.4 Å². The number of carbonyl (C=O) groups is 2. The number of anilines is 1. The van der Waals surface area contributed by atoms with Crippen LogP contribution in [-0.4, -0.2) is 41.8 Å². The Bertz CT molecular complexity index is 1110. The van der Waals surface area contributed by atoms with Gasteiger partial charge in [-0.25, -0.2) is 0 Å². The van der Waals surface area contributed by atoms with Gasteiger partial charge < -0.3 is 20.1 Å². The summed E-state index contributed by atoms with van der Waals surface area (Å²) in [7, 11) is 0. The van der Waals surface area contributed by atoms with Gasteiger partial charge >= 0.3 is 0 Å². The van der Waals surface area contributed by atoms with Gasteiger partial charge in [0, 0.05) is 24.3 Å². The average molecular weight is 406 g/mol. The second-order valence-corrected chi connectivity index (χ2v) is 7.62. The molecule has 3 aromatic rings. The van der Waals surface area contributed by atoms with E-state index in [2.05, 4.69) is 20.8 Å². The Balaban J connectivity index is 1.28. The van der Waals surface area contributed by atoms with Gasteiger partial charge in [0.15, 0.2) is 17.3 Å². The van der Waals surface area contributed by atoms with Crippen LogP contribution >= 0.6 is 0 Å². The van der Waals surface area contributed by atoms with Crippen molar-refractivity contribution in [2.45, 2.75) is 25.2 Å². The molecule has 0 bridgehead atoms. The number of rotatable bonds is 4. The van der Waals surface area contributed by atoms with Gasteiger partial charge in [-0.2, -0.15) is 5.10 Å². The lowest BCUT2D eigenvalue weighted by Gasteiger charge is -2.22. The number of hydrogen-bond donors (Lipinski definition) is 3. The molecule has 8 nitrogen and oxygen atoms in total. The third kappa shape index (κ3) is 3.68. The van der Waals surface area contributed by atoms with Crippen LogP contribution in [0.4, 0.5) is 5.82 Å². The van der Waals surface area contributed by atoms with Crippen molar-refractivity contribution < 1.29 is 19.1 Å². The van der Waals surface area contributed by atoms with Crippen molar-refractivity contribution in [2.24, 2.45) is 0 Å². The van der Waals surface area contributed by atoms with E-state index in [1.54, 1.807) is 0 Å². The molecule has 2 aromatic carbocycles. The number of aromatic amines is 1. The molecule has 2 amide bonds. The molecule has 8 heteroatoms. The number of H-pyrrole nitrogens is 1. The fourth-order valence-electron chi connectivity index (χ4n) is 3.96. The summed E-state index contributed by atoms with van der Waals surface area (Å²) < 4.78 is 11.1. The molecule has 1 saturated heterocycles. The second kappa shape index (κ2) is 7.70. The van der Waals surface area contributed by atoms with Crippen LogP contribution in [0.25, 0.3) is 10.9 Å². The third-order valence-corrected chi connectivity index (χ3v) is 5.55. The maximum Gasteiger partial charge on any atom is 0.230 e. The van der Waals surface area contributed by atoms with Crippen molar-refractivity contribution in [1.29, 1.82) is 0 Å². The summed E-state index contributed by atoms with van der Waals surface area (Å²) in [4.78, 5) is 23.9. The standard InChI is InChI=1S/C22H22N4O4/c27-20-6-3-15(12-23-20)14-2-4-16-17(11-14)25-26-22(16)24-21(28)10-13-1-5-18-19(9-13)30-8-7-29-18/h1-2,4-5,9,11,15H,3,6-8,10,12H2,(H,23,27)(H2,24,25,26,28). The van der Waals surface area contributed by atoms with Gasteiger partial charge in [0.1, 0.15) is 13.2 Å². The van der Waals surface area contributed by atoms with Crippen LogP contribution in [0.3, 0.4) is 0 Å². The molecule has 3 N–H and O–H groups in total. The summed E-state index contributed by atoms with van der Waals surface area (Å²) in [6.45, 7) is 1.70. The Kier molecular flexibility index (Phi) is 4.74. The van der Waals surface area contributed by atoms with Crippen LogP contribution in [0.15, 0.2) is 36.4 Å². The van der Waals surface area contributed by atoms with Gasteiger partial charge in [0.25, 0.3) is 0 Å². The molecule has 0 saturated carbocycles. The first kappa shape index (κ1) is 18.5. The third-order valence-electron chi connectivity index (χ3n) is 5.55. The van der Waals surface area contributed by atoms with Gasteiger partial charge in [-0.1, -0.05) is 12.1 Å². The highest BCUT2D eigenvalue weighted by Crippen LogP contribution is 2.31. The number of hydrogen-bond acceptors (Lipinski definition) is 5.